The van der Waals surface area contributed by atoms with Crippen LogP contribution in [0.15, 0.2) is 0 Å². The van der Waals surface area contributed by atoms with Crippen LogP contribution in [0.2, 0.25) is 0 Å². The second kappa shape index (κ2) is 4.22. The van der Waals surface area contributed by atoms with Crippen molar-refractivity contribution in [2.75, 3.05) is 20.0 Å². The Morgan fingerprint density at radius 1 is 0.733 bits per heavy atom. The van der Waals surface area contributed by atoms with Gasteiger partial charge < -0.3 is 0 Å². The van der Waals surface area contributed by atoms with Gasteiger partial charge in [-0.25, -0.2) is 9.56 Å². The molecule has 1 aliphatic rings. The number of hydrogen-bond donors (Lipinski definition) is 0. The molecule has 2 nitrogen and oxygen atoms in total. The lowest BCUT2D eigenvalue weighted by Crippen LogP contribution is -2.30. The Morgan fingerprint density at radius 2 is 1.00 bits per heavy atom. The summed E-state index contributed by atoms with van der Waals surface area (Å²) < 4.78 is 5.04. The first-order valence-electron chi connectivity index (χ1n) is 5.57. The van der Waals surface area contributed by atoms with E-state index in [-0.39, 0.29) is 16.1 Å². The molecule has 0 N–H and O–H groups in total. The molecule has 2 unspecified atom stereocenters. The molecule has 4 heteroatoms. The lowest BCUT2D eigenvalue weighted by atomic mass is 10.3. The predicted octanol–water partition coefficient (Wildman–Crippen LogP) is 4.13. The minimum atomic E-state index is -0.00225. The number of hydrogen-bond acceptors (Lipinski definition) is 2. The Hall–Kier alpha value is 0.780. The molecule has 1 heterocycles. The summed E-state index contributed by atoms with van der Waals surface area (Å²) in [5.41, 5.74) is 0. The van der Waals surface area contributed by atoms with Crippen molar-refractivity contribution in [3.8, 4) is 0 Å². The summed E-state index contributed by atoms with van der Waals surface area (Å²) >= 11 is 0. The van der Waals surface area contributed by atoms with E-state index >= 15 is 0 Å². The van der Waals surface area contributed by atoms with Gasteiger partial charge in [-0.2, -0.15) is 0 Å². The van der Waals surface area contributed by atoms with Crippen LogP contribution in [0.4, 0.5) is 0 Å². The molecule has 1 saturated heterocycles. The van der Waals surface area contributed by atoms with Gasteiger partial charge in [-0.3, -0.25) is 0 Å². The SMILES string of the molecule is CN1N(C)P(C(C)(C)C)CP1C(C)(C)C. The van der Waals surface area contributed by atoms with Gasteiger partial charge in [0.2, 0.25) is 0 Å². The zero-order valence-electron chi connectivity index (χ0n) is 11.5. The quantitative estimate of drug-likeness (QED) is 0.595. The average molecular weight is 248 g/mol. The van der Waals surface area contributed by atoms with Gasteiger partial charge in [-0.15, -0.1) is 0 Å². The van der Waals surface area contributed by atoms with Gasteiger partial charge in [0.05, 0.1) is 0 Å². The van der Waals surface area contributed by atoms with Crippen molar-refractivity contribution in [3.63, 3.8) is 0 Å². The minimum absolute atomic E-state index is 0.00225. The van der Waals surface area contributed by atoms with Crippen LogP contribution in [0.1, 0.15) is 41.5 Å². The fourth-order valence-corrected chi connectivity index (χ4v) is 10.7. The molecule has 0 amide bonds. The molecule has 0 aromatic rings. The summed E-state index contributed by atoms with van der Waals surface area (Å²) in [6.45, 7) is 14.3. The fraction of sp³-hybridized carbons (Fsp3) is 1.00. The van der Waals surface area contributed by atoms with E-state index in [9.17, 15) is 0 Å². The third-order valence-electron chi connectivity index (χ3n) is 2.93. The third kappa shape index (κ3) is 2.91. The third-order valence-corrected chi connectivity index (χ3v) is 10.3. The van der Waals surface area contributed by atoms with Gasteiger partial charge in [0.15, 0.2) is 0 Å². The van der Waals surface area contributed by atoms with Gasteiger partial charge in [0.1, 0.15) is 0 Å². The predicted molar refractivity (Wildman–Crippen MR) is 73.7 cm³/mol. The van der Waals surface area contributed by atoms with Crippen LogP contribution < -0.4 is 0 Å². The van der Waals surface area contributed by atoms with Crippen molar-refractivity contribution in [1.82, 2.24) is 9.56 Å². The summed E-state index contributed by atoms with van der Waals surface area (Å²) in [5, 5.41) is 0.890. The Labute approximate surface area is 98.0 Å². The summed E-state index contributed by atoms with van der Waals surface area (Å²) in [4.78, 5) is 0. The second-order valence-electron chi connectivity index (χ2n) is 6.26. The number of rotatable bonds is 0. The smallest absolute Gasteiger partial charge is 0.0181 e. The molecule has 0 bridgehead atoms. The van der Waals surface area contributed by atoms with Crippen molar-refractivity contribution in [2.45, 2.75) is 51.9 Å². The van der Waals surface area contributed by atoms with E-state index in [1.165, 1.54) is 5.90 Å². The van der Waals surface area contributed by atoms with Gasteiger partial charge >= 0.3 is 0 Å². The molecule has 0 aliphatic carbocycles. The number of hydrazine groups is 1. The molecule has 1 aliphatic heterocycles. The molecule has 0 spiro atoms. The molecule has 0 radical (unpaired) electrons. The molecule has 1 fully saturated rings. The first kappa shape index (κ1) is 13.8. The Morgan fingerprint density at radius 3 is 1.13 bits per heavy atom. The first-order chi connectivity index (χ1) is 6.55. The molecule has 0 aromatic carbocycles. The van der Waals surface area contributed by atoms with E-state index in [2.05, 4.69) is 65.2 Å². The zero-order chi connectivity index (χ0) is 12.0. The monoisotopic (exact) mass is 248 g/mol. The topological polar surface area (TPSA) is 6.48 Å². The molecule has 15 heavy (non-hydrogen) atoms. The molecular formula is C11H26N2P2. The number of nitrogens with zero attached hydrogens (tertiary/aromatic N) is 2. The van der Waals surface area contributed by atoms with E-state index < -0.39 is 0 Å². The van der Waals surface area contributed by atoms with E-state index in [1.54, 1.807) is 0 Å². The largest absolute Gasteiger partial charge is 0.219 e. The average Bonchev–Trinajstić information content (AvgIpc) is 2.26. The molecule has 90 valence electrons. The maximum atomic E-state index is 2.52. The Kier molecular flexibility index (Phi) is 3.90. The standard InChI is InChI=1S/C11H26N2P2/c1-10(2,3)14-9-15(11(4,5)6)13(8)12(14)7/h9H2,1-8H3. The minimum Gasteiger partial charge on any atom is -0.219 e. The highest BCUT2D eigenvalue weighted by atomic mass is 31.2. The van der Waals surface area contributed by atoms with Crippen LogP contribution in [0.3, 0.4) is 0 Å². The lowest BCUT2D eigenvalue weighted by molar-refractivity contribution is 0.265. The van der Waals surface area contributed by atoms with Crippen LogP contribution in [-0.4, -0.2) is 39.9 Å². The summed E-state index contributed by atoms with van der Waals surface area (Å²) in [7, 11) is 4.53. The first-order valence-corrected chi connectivity index (χ1v) is 8.53. The normalized spacial score (nSPS) is 31.2. The molecule has 0 saturated carbocycles. The Bertz CT molecular complexity index is 206. The fourth-order valence-electron chi connectivity index (χ4n) is 1.92. The van der Waals surface area contributed by atoms with Gasteiger partial charge in [0.25, 0.3) is 0 Å². The highest BCUT2D eigenvalue weighted by Crippen LogP contribution is 2.72. The summed E-state index contributed by atoms with van der Waals surface area (Å²) in [6, 6.07) is 0. The summed E-state index contributed by atoms with van der Waals surface area (Å²) in [6.07, 6.45) is 0. The maximum absolute atomic E-state index is 2.52. The zero-order valence-corrected chi connectivity index (χ0v) is 13.3. The highest BCUT2D eigenvalue weighted by molar-refractivity contribution is 7.76. The van der Waals surface area contributed by atoms with E-state index in [0.29, 0.717) is 10.3 Å². The van der Waals surface area contributed by atoms with Gasteiger partial charge in [-0.05, 0) is 26.5 Å². The van der Waals surface area contributed by atoms with Crippen molar-refractivity contribution in [3.05, 3.63) is 0 Å². The van der Waals surface area contributed by atoms with Gasteiger partial charge in [0, 0.05) is 20.0 Å². The van der Waals surface area contributed by atoms with Gasteiger partial charge in [-0.1, -0.05) is 41.5 Å². The molecule has 1 rings (SSSR count). The van der Waals surface area contributed by atoms with Crippen LogP contribution in [0.5, 0.6) is 0 Å². The Balaban J connectivity index is 2.86. The molecule has 0 aromatic heterocycles. The van der Waals surface area contributed by atoms with Crippen LogP contribution in [0, 0.1) is 0 Å². The van der Waals surface area contributed by atoms with Crippen LogP contribution in [0.25, 0.3) is 0 Å². The van der Waals surface area contributed by atoms with E-state index in [0.717, 1.165) is 0 Å². The highest BCUT2D eigenvalue weighted by Gasteiger charge is 2.44. The van der Waals surface area contributed by atoms with E-state index in [1.807, 2.05) is 0 Å². The van der Waals surface area contributed by atoms with Crippen molar-refractivity contribution in [1.29, 1.82) is 0 Å². The summed E-state index contributed by atoms with van der Waals surface area (Å²) in [5.74, 6) is 1.41. The van der Waals surface area contributed by atoms with Crippen molar-refractivity contribution < 1.29 is 0 Å². The van der Waals surface area contributed by atoms with Crippen molar-refractivity contribution in [2.24, 2.45) is 0 Å². The van der Waals surface area contributed by atoms with Crippen LogP contribution >= 0.6 is 16.1 Å². The van der Waals surface area contributed by atoms with E-state index in [4.69, 9.17) is 0 Å². The second-order valence-corrected chi connectivity index (χ2v) is 12.8. The van der Waals surface area contributed by atoms with Crippen LogP contribution in [-0.2, 0) is 0 Å². The van der Waals surface area contributed by atoms with Crippen molar-refractivity contribution >= 4 is 16.1 Å². The maximum Gasteiger partial charge on any atom is 0.0181 e. The molecular weight excluding hydrogens is 222 g/mol. The lowest BCUT2D eigenvalue weighted by Gasteiger charge is -2.36. The molecule has 2 atom stereocenters.